The van der Waals surface area contributed by atoms with Gasteiger partial charge in [-0.25, -0.2) is 8.42 Å². The van der Waals surface area contributed by atoms with Gasteiger partial charge in [0.25, 0.3) is 10.0 Å². The largest absolute Gasteiger partial charge is 0.379 e. The maximum Gasteiger partial charge on any atom is 0.264 e. The predicted octanol–water partition coefficient (Wildman–Crippen LogP) is 4.30. The number of nitrogens with one attached hydrogen (secondary N) is 1. The van der Waals surface area contributed by atoms with Crippen LogP contribution in [0.15, 0.2) is 71.6 Å². The summed E-state index contributed by atoms with van der Waals surface area (Å²) >= 11 is 6.11. The number of rotatable bonds is 9. The lowest BCUT2D eigenvalue weighted by Gasteiger charge is -2.26. The van der Waals surface area contributed by atoms with Gasteiger partial charge < -0.3 is 10.1 Å². The first-order valence-electron chi connectivity index (χ1n) is 12.2. The number of amides is 1. The molecule has 0 unspecified atom stereocenters. The monoisotopic (exact) mass is 541 g/mol. The van der Waals surface area contributed by atoms with Crippen molar-refractivity contribution in [1.29, 1.82) is 0 Å². The highest BCUT2D eigenvalue weighted by atomic mass is 35.5. The van der Waals surface area contributed by atoms with E-state index in [-0.39, 0.29) is 11.4 Å². The maximum absolute atomic E-state index is 13.6. The Labute approximate surface area is 224 Å². The molecule has 4 rings (SSSR count). The molecule has 0 radical (unpaired) electrons. The summed E-state index contributed by atoms with van der Waals surface area (Å²) in [5.41, 5.74) is 4.13. The molecule has 0 spiro atoms. The summed E-state index contributed by atoms with van der Waals surface area (Å²) < 4.78 is 33.8. The summed E-state index contributed by atoms with van der Waals surface area (Å²) in [6, 6.07) is 19.6. The van der Waals surface area contributed by atoms with Crippen LogP contribution in [0.5, 0.6) is 0 Å². The van der Waals surface area contributed by atoms with Crippen molar-refractivity contribution in [2.75, 3.05) is 37.2 Å². The zero-order valence-electron chi connectivity index (χ0n) is 21.1. The highest BCUT2D eigenvalue weighted by Gasteiger charge is 2.28. The molecule has 1 saturated heterocycles. The average Bonchev–Trinajstić information content (AvgIpc) is 2.87. The number of morpholine rings is 1. The second-order valence-electron chi connectivity index (χ2n) is 9.24. The zero-order valence-corrected chi connectivity index (χ0v) is 22.7. The van der Waals surface area contributed by atoms with Crippen LogP contribution >= 0.6 is 11.6 Å². The molecule has 0 atom stereocenters. The fourth-order valence-electron chi connectivity index (χ4n) is 4.28. The van der Waals surface area contributed by atoms with E-state index in [0.717, 1.165) is 53.8 Å². The second-order valence-corrected chi connectivity index (χ2v) is 11.5. The molecule has 1 amide bonds. The van der Waals surface area contributed by atoms with Crippen molar-refractivity contribution in [3.05, 3.63) is 94.0 Å². The minimum Gasteiger partial charge on any atom is -0.379 e. The molecule has 1 aliphatic heterocycles. The number of carbonyl (C=O) groups is 1. The highest BCUT2D eigenvalue weighted by Crippen LogP contribution is 2.29. The van der Waals surface area contributed by atoms with Gasteiger partial charge >= 0.3 is 0 Å². The Bertz CT molecular complexity index is 1340. The van der Waals surface area contributed by atoms with Crippen LogP contribution in [0.3, 0.4) is 0 Å². The smallest absolute Gasteiger partial charge is 0.264 e. The first-order chi connectivity index (χ1) is 17.7. The third-order valence-electron chi connectivity index (χ3n) is 6.31. The van der Waals surface area contributed by atoms with Crippen LogP contribution < -0.4 is 9.62 Å². The Morgan fingerprint density at radius 1 is 1.00 bits per heavy atom. The van der Waals surface area contributed by atoms with Crippen LogP contribution in [0.25, 0.3) is 0 Å². The van der Waals surface area contributed by atoms with E-state index in [1.807, 2.05) is 19.1 Å². The minimum atomic E-state index is -3.99. The van der Waals surface area contributed by atoms with E-state index >= 15 is 0 Å². The SMILES string of the molecule is Cc1ccc(S(=O)(=O)N(CC(=O)NCc2cccc(CN3CCOCC3)c2)c2ccc(Cl)cc2C)cc1. The molecule has 1 aliphatic rings. The number of carbonyl (C=O) groups excluding carboxylic acids is 1. The Balaban J connectivity index is 1.49. The van der Waals surface area contributed by atoms with E-state index < -0.39 is 15.9 Å². The lowest BCUT2D eigenvalue weighted by atomic mass is 10.1. The van der Waals surface area contributed by atoms with Gasteiger partial charge in [0.1, 0.15) is 6.54 Å². The topological polar surface area (TPSA) is 79.0 Å². The summed E-state index contributed by atoms with van der Waals surface area (Å²) in [6.07, 6.45) is 0. The van der Waals surface area contributed by atoms with Crippen molar-refractivity contribution >= 4 is 33.2 Å². The number of halogens is 1. The van der Waals surface area contributed by atoms with Crippen LogP contribution in [-0.2, 0) is 32.6 Å². The van der Waals surface area contributed by atoms with E-state index in [1.165, 1.54) is 0 Å². The van der Waals surface area contributed by atoms with Crippen molar-refractivity contribution in [1.82, 2.24) is 10.2 Å². The summed E-state index contributed by atoms with van der Waals surface area (Å²) in [7, 11) is -3.99. The van der Waals surface area contributed by atoms with Gasteiger partial charge in [0.2, 0.25) is 5.91 Å². The molecule has 7 nitrogen and oxygen atoms in total. The molecule has 196 valence electrons. The molecule has 3 aromatic rings. The highest BCUT2D eigenvalue weighted by molar-refractivity contribution is 7.92. The van der Waals surface area contributed by atoms with E-state index in [1.54, 1.807) is 49.4 Å². The summed E-state index contributed by atoms with van der Waals surface area (Å²) in [4.78, 5) is 15.5. The fourth-order valence-corrected chi connectivity index (χ4v) is 5.99. The number of sulfonamides is 1. The molecule has 9 heteroatoms. The molecule has 37 heavy (non-hydrogen) atoms. The van der Waals surface area contributed by atoms with Crippen molar-refractivity contribution in [2.24, 2.45) is 0 Å². The van der Waals surface area contributed by atoms with Crippen molar-refractivity contribution in [3.63, 3.8) is 0 Å². The fraction of sp³-hybridized carbons (Fsp3) is 0.321. The lowest BCUT2D eigenvalue weighted by molar-refractivity contribution is -0.119. The normalized spacial score (nSPS) is 14.4. The summed E-state index contributed by atoms with van der Waals surface area (Å²) in [5, 5.41) is 3.38. The van der Waals surface area contributed by atoms with Crippen LogP contribution in [0.4, 0.5) is 5.69 Å². The molecule has 1 fully saturated rings. The molecule has 1 heterocycles. The molecular formula is C28H32ClN3O4S. The minimum absolute atomic E-state index is 0.121. The van der Waals surface area contributed by atoms with Gasteiger partial charge in [0.05, 0.1) is 23.8 Å². The Hall–Kier alpha value is -2.91. The number of anilines is 1. The van der Waals surface area contributed by atoms with Gasteiger partial charge in [-0.15, -0.1) is 0 Å². The first kappa shape index (κ1) is 27.1. The van der Waals surface area contributed by atoms with Crippen molar-refractivity contribution in [3.8, 4) is 0 Å². The first-order valence-corrected chi connectivity index (χ1v) is 14.0. The molecule has 0 bridgehead atoms. The lowest BCUT2D eigenvalue weighted by Crippen LogP contribution is -2.41. The van der Waals surface area contributed by atoms with Gasteiger partial charge in [-0.2, -0.15) is 0 Å². The van der Waals surface area contributed by atoms with Crippen LogP contribution in [0, 0.1) is 13.8 Å². The van der Waals surface area contributed by atoms with Crippen LogP contribution in [-0.4, -0.2) is 52.1 Å². The standard InChI is InChI=1S/C28H32ClN3O4S/c1-21-6-9-26(10-7-21)37(34,35)32(27-11-8-25(29)16-22(27)2)20-28(33)30-18-23-4-3-5-24(17-23)19-31-12-14-36-15-13-31/h3-11,16-17H,12-15,18-20H2,1-2H3,(H,30,33). The number of benzene rings is 3. The quantitative estimate of drug-likeness (QED) is 0.437. The Morgan fingerprint density at radius 2 is 1.70 bits per heavy atom. The number of ether oxygens (including phenoxy) is 1. The maximum atomic E-state index is 13.6. The number of nitrogens with zero attached hydrogens (tertiary/aromatic N) is 2. The second kappa shape index (κ2) is 12.1. The number of aryl methyl sites for hydroxylation is 2. The third-order valence-corrected chi connectivity index (χ3v) is 8.32. The Morgan fingerprint density at radius 3 is 2.41 bits per heavy atom. The van der Waals surface area contributed by atoms with E-state index in [4.69, 9.17) is 16.3 Å². The van der Waals surface area contributed by atoms with Crippen LogP contribution in [0.1, 0.15) is 22.3 Å². The summed E-state index contributed by atoms with van der Waals surface area (Å²) in [5.74, 6) is -0.399. The van der Waals surface area contributed by atoms with Gasteiger partial charge in [0.15, 0.2) is 0 Å². The molecule has 1 N–H and O–H groups in total. The van der Waals surface area contributed by atoms with Crippen molar-refractivity contribution < 1.29 is 17.9 Å². The van der Waals surface area contributed by atoms with Crippen LogP contribution in [0.2, 0.25) is 5.02 Å². The molecular weight excluding hydrogens is 510 g/mol. The molecule has 0 aromatic heterocycles. The van der Waals surface area contributed by atoms with Gasteiger partial charge in [-0.1, -0.05) is 53.6 Å². The van der Waals surface area contributed by atoms with E-state index in [9.17, 15) is 13.2 Å². The van der Waals surface area contributed by atoms with Gasteiger partial charge in [-0.05, 0) is 60.9 Å². The average molecular weight is 542 g/mol. The zero-order chi connectivity index (χ0) is 26.4. The van der Waals surface area contributed by atoms with E-state index in [0.29, 0.717) is 22.8 Å². The third kappa shape index (κ3) is 7.11. The molecule has 0 aliphatic carbocycles. The van der Waals surface area contributed by atoms with Gasteiger partial charge in [-0.3, -0.25) is 14.0 Å². The predicted molar refractivity (Wildman–Crippen MR) is 146 cm³/mol. The number of hydrogen-bond acceptors (Lipinski definition) is 5. The van der Waals surface area contributed by atoms with Gasteiger partial charge in [0, 0.05) is 31.2 Å². The summed E-state index contributed by atoms with van der Waals surface area (Å²) in [6.45, 7) is 7.71. The molecule has 3 aromatic carbocycles. The van der Waals surface area contributed by atoms with Crippen molar-refractivity contribution in [2.45, 2.75) is 31.8 Å². The Kier molecular flexibility index (Phi) is 8.87. The molecule has 0 saturated carbocycles. The van der Waals surface area contributed by atoms with E-state index in [2.05, 4.69) is 22.3 Å². The number of hydrogen-bond donors (Lipinski definition) is 1.